The van der Waals surface area contributed by atoms with E-state index in [4.69, 9.17) is 74.6 Å². The summed E-state index contributed by atoms with van der Waals surface area (Å²) in [6.07, 6.45) is 0. The normalized spacial score (nSPS) is 11.3. The molecule has 17 aromatic rings. The fraction of sp³-hybridized carbons (Fsp3) is 0. The second kappa shape index (κ2) is 24.2. The van der Waals surface area contributed by atoms with Gasteiger partial charge in [-0.3, -0.25) is 9.13 Å². The summed E-state index contributed by atoms with van der Waals surface area (Å²) in [6, 6.07) is 81.7. The lowest BCUT2D eigenvalue weighted by atomic mass is 10.1. The van der Waals surface area contributed by atoms with E-state index in [1.807, 2.05) is 138 Å². The smallest absolute Gasteiger partial charge is 0.239 e. The van der Waals surface area contributed by atoms with E-state index < -0.39 is 0 Å². The van der Waals surface area contributed by atoms with Crippen molar-refractivity contribution < 1.29 is 0 Å². The van der Waals surface area contributed by atoms with Crippen LogP contribution in [0.1, 0.15) is 0 Å². The molecular weight excluding hydrogens is 1220 g/mol. The molecule has 0 amide bonds. The van der Waals surface area contributed by atoms with Crippen molar-refractivity contribution in [2.24, 2.45) is 0 Å². The van der Waals surface area contributed by atoms with Crippen molar-refractivity contribution in [2.75, 3.05) is 0 Å². The summed E-state index contributed by atoms with van der Waals surface area (Å²) in [5, 5.41) is 14.7. The van der Waals surface area contributed by atoms with Crippen LogP contribution >= 0.6 is 69.6 Å². The van der Waals surface area contributed by atoms with Gasteiger partial charge in [0.2, 0.25) is 32.4 Å². The summed E-state index contributed by atoms with van der Waals surface area (Å²) in [5.74, 6) is 2.34. The largest absolute Gasteiger partial charge is 0.293 e. The third kappa shape index (κ3) is 11.2. The van der Waals surface area contributed by atoms with E-state index in [0.29, 0.717) is 22.8 Å². The van der Waals surface area contributed by atoms with Gasteiger partial charge >= 0.3 is 0 Å². The van der Waals surface area contributed by atoms with Gasteiger partial charge in [0.05, 0.1) is 33.1 Å². The molecule has 0 spiro atoms. The molecule has 6 aromatic heterocycles. The number of rotatable bonds is 4. The van der Waals surface area contributed by atoms with Crippen LogP contribution in [0.15, 0.2) is 243 Å². The Balaban J connectivity index is 0.000000108. The van der Waals surface area contributed by atoms with Gasteiger partial charge < -0.3 is 0 Å². The minimum atomic E-state index is 0.0955. The van der Waals surface area contributed by atoms with Crippen LogP contribution in [0, 0.1) is 0 Å². The number of halogens is 6. The maximum atomic E-state index is 6.36. The molecule has 0 aliphatic carbocycles. The zero-order chi connectivity index (χ0) is 59.8. The van der Waals surface area contributed by atoms with Crippen LogP contribution in [-0.4, -0.2) is 59.0 Å². The number of nitrogens with zero attached hydrogens (tertiary/aromatic N) is 12. The molecule has 6 heterocycles. The van der Waals surface area contributed by atoms with E-state index >= 15 is 0 Å². The first kappa shape index (κ1) is 56.1. The Morgan fingerprint density at radius 2 is 0.625 bits per heavy atom. The SMILES string of the molecule is Clc1nc(-c2ccc3ccccc3c2)nc(-n2c3ccccc3c3ccccc32)n1.Clc1nc(-n2c3ccccc3c3cc4ccccc4cc32)c2ccccc2n1.Clc1nc(Cl)c2ccccc2n1.Clc1nc(Cl)nc(-c2ccc3ccccc3c2)n1. The van der Waals surface area contributed by atoms with E-state index in [9.17, 15) is 0 Å². The van der Waals surface area contributed by atoms with Gasteiger partial charge in [-0.15, -0.1) is 0 Å². The molecule has 0 aliphatic rings. The first-order valence-corrected chi connectivity index (χ1v) is 29.7. The molecule has 0 aliphatic heterocycles. The third-order valence-electron chi connectivity index (χ3n) is 14.8. The van der Waals surface area contributed by atoms with Crippen LogP contribution in [0.3, 0.4) is 0 Å². The van der Waals surface area contributed by atoms with E-state index in [1.165, 1.54) is 26.9 Å². The molecular formula is C70H40Cl6N12. The predicted octanol–water partition coefficient (Wildman–Crippen LogP) is 19.9. The van der Waals surface area contributed by atoms with Crippen molar-refractivity contribution in [2.45, 2.75) is 0 Å². The fourth-order valence-electron chi connectivity index (χ4n) is 10.9. The van der Waals surface area contributed by atoms with E-state index in [-0.39, 0.29) is 26.4 Å². The average molecular weight is 1260 g/mol. The number of para-hydroxylation sites is 5. The minimum Gasteiger partial charge on any atom is -0.293 e. The van der Waals surface area contributed by atoms with Gasteiger partial charge in [-0.25, -0.2) is 15.0 Å². The lowest BCUT2D eigenvalue weighted by molar-refractivity contribution is 0.947. The molecule has 0 N–H and O–H groups in total. The topological polar surface area (TPSA) is 139 Å². The summed E-state index contributed by atoms with van der Waals surface area (Å²) in [7, 11) is 0. The van der Waals surface area contributed by atoms with Crippen LogP contribution < -0.4 is 0 Å². The summed E-state index contributed by atoms with van der Waals surface area (Å²) in [5.41, 5.74) is 7.65. The first-order valence-electron chi connectivity index (χ1n) is 27.4. The van der Waals surface area contributed by atoms with Gasteiger partial charge in [0.1, 0.15) is 5.15 Å². The van der Waals surface area contributed by atoms with E-state index in [2.05, 4.69) is 159 Å². The summed E-state index contributed by atoms with van der Waals surface area (Å²) < 4.78 is 4.25. The first-order chi connectivity index (χ1) is 43.1. The molecule has 422 valence electrons. The molecule has 11 aromatic carbocycles. The summed E-state index contributed by atoms with van der Waals surface area (Å²) in [6.45, 7) is 0. The molecule has 0 bridgehead atoms. The molecule has 0 unspecified atom stereocenters. The van der Waals surface area contributed by atoms with Crippen molar-refractivity contribution in [1.82, 2.24) is 59.0 Å². The predicted molar refractivity (Wildman–Crippen MR) is 361 cm³/mol. The maximum Gasteiger partial charge on any atom is 0.239 e. The summed E-state index contributed by atoms with van der Waals surface area (Å²) in [4.78, 5) is 42.4. The van der Waals surface area contributed by atoms with Crippen LogP contribution in [0.5, 0.6) is 0 Å². The van der Waals surface area contributed by atoms with Gasteiger partial charge in [0.15, 0.2) is 17.5 Å². The minimum absolute atomic E-state index is 0.0955. The lowest BCUT2D eigenvalue weighted by Gasteiger charge is -2.10. The Morgan fingerprint density at radius 1 is 0.239 bits per heavy atom. The average Bonchev–Trinajstić information content (AvgIpc) is 1.68. The molecule has 17 rings (SSSR count). The van der Waals surface area contributed by atoms with Crippen LogP contribution in [0.25, 0.3) is 132 Å². The summed E-state index contributed by atoms with van der Waals surface area (Å²) >= 11 is 35.7. The Morgan fingerprint density at radius 3 is 1.18 bits per heavy atom. The van der Waals surface area contributed by atoms with Gasteiger partial charge in [-0.2, -0.15) is 34.9 Å². The second-order valence-corrected chi connectivity index (χ2v) is 22.2. The quantitative estimate of drug-likeness (QED) is 0.124. The van der Waals surface area contributed by atoms with Crippen molar-refractivity contribution in [3.8, 4) is 34.5 Å². The van der Waals surface area contributed by atoms with E-state index in [0.717, 1.165) is 87.7 Å². The highest BCUT2D eigenvalue weighted by Crippen LogP contribution is 2.37. The highest BCUT2D eigenvalue weighted by atomic mass is 35.5. The molecule has 0 radical (unpaired) electrons. The van der Waals surface area contributed by atoms with Crippen molar-refractivity contribution in [3.63, 3.8) is 0 Å². The third-order valence-corrected chi connectivity index (χ3v) is 15.9. The Labute approximate surface area is 531 Å². The highest BCUT2D eigenvalue weighted by molar-refractivity contribution is 6.35. The molecule has 18 heteroatoms. The molecule has 12 nitrogen and oxygen atoms in total. The monoisotopic (exact) mass is 1260 g/mol. The number of hydrogen-bond acceptors (Lipinski definition) is 10. The standard InChI is InChI=1S/C25H15ClN4.C24H14ClN3.C13H7Cl2N3.C8H4Cl2N2/c26-24-27-23(18-14-13-16-7-1-2-8-17(16)15-18)28-25(29-24)30-21-11-5-3-9-19(21)20-10-4-6-12-22(20)30;25-24-26-20-11-5-3-10-18(20)23(27-24)28-21-12-6-4-9-17(21)19-13-15-7-1-2-8-16(15)14-22(19)28;14-12-16-11(17-13(15)18-12)10-6-5-8-3-1-2-4-9(8)7-10;9-7-5-3-1-2-4-6(5)11-8(10)12-7/h1-15H;1-14H;1-7H;1-4H. The maximum absolute atomic E-state index is 6.36. The second-order valence-electron chi connectivity index (χ2n) is 20.1. The fourth-order valence-corrected chi connectivity index (χ4v) is 12.1. The number of fused-ring (bicyclic) bond motifs is 11. The van der Waals surface area contributed by atoms with Gasteiger partial charge in [0.25, 0.3) is 0 Å². The van der Waals surface area contributed by atoms with Crippen LogP contribution in [-0.2, 0) is 0 Å². The lowest BCUT2D eigenvalue weighted by Crippen LogP contribution is -2.04. The Bertz CT molecular complexity index is 5470. The molecule has 0 saturated heterocycles. The zero-order valence-electron chi connectivity index (χ0n) is 45.7. The van der Waals surface area contributed by atoms with Gasteiger partial charge in [0, 0.05) is 43.4 Å². The number of hydrogen-bond donors (Lipinski definition) is 0. The number of aromatic nitrogens is 12. The van der Waals surface area contributed by atoms with Crippen molar-refractivity contribution >= 4 is 167 Å². The molecule has 0 saturated carbocycles. The highest BCUT2D eigenvalue weighted by Gasteiger charge is 2.19. The van der Waals surface area contributed by atoms with Crippen molar-refractivity contribution in [1.29, 1.82) is 0 Å². The zero-order valence-corrected chi connectivity index (χ0v) is 50.3. The Hall–Kier alpha value is -9.76. The van der Waals surface area contributed by atoms with Crippen LogP contribution in [0.4, 0.5) is 0 Å². The molecule has 0 fully saturated rings. The molecule has 0 atom stereocenters. The van der Waals surface area contributed by atoms with Crippen molar-refractivity contribution in [3.05, 3.63) is 274 Å². The van der Waals surface area contributed by atoms with Crippen LogP contribution in [0.2, 0.25) is 31.6 Å². The van der Waals surface area contributed by atoms with E-state index in [1.54, 1.807) is 0 Å². The van der Waals surface area contributed by atoms with Gasteiger partial charge in [-0.05, 0) is 157 Å². The molecule has 88 heavy (non-hydrogen) atoms. The van der Waals surface area contributed by atoms with Gasteiger partial charge in [-0.1, -0.05) is 188 Å². The Kier molecular flexibility index (Phi) is 15.4. The number of benzene rings is 11.